The van der Waals surface area contributed by atoms with Crippen molar-refractivity contribution < 1.29 is 28.0 Å². The topological polar surface area (TPSA) is 92.5 Å². The Hall–Kier alpha value is -2.32. The third-order valence-corrected chi connectivity index (χ3v) is 3.45. The lowest BCUT2D eigenvalue weighted by Crippen LogP contribution is -2.24. The Labute approximate surface area is 116 Å². The molecule has 1 aromatic carbocycles. The number of hydrogen-bond acceptors (Lipinski definition) is 4. The minimum Gasteiger partial charge on any atom is -0.481 e. The van der Waals surface area contributed by atoms with Crippen LogP contribution in [-0.2, 0) is 11.0 Å². The van der Waals surface area contributed by atoms with Crippen LogP contribution in [-0.4, -0.2) is 22.5 Å². The molecular weight excluding hydrogens is 293 g/mol. The quantitative estimate of drug-likeness (QED) is 0.644. The Balaban J connectivity index is 2.23. The van der Waals surface area contributed by atoms with Gasteiger partial charge in [0.1, 0.15) is 5.69 Å². The van der Waals surface area contributed by atoms with Gasteiger partial charge in [0.05, 0.1) is 15.9 Å². The smallest absolute Gasteiger partial charge is 0.416 e. The van der Waals surface area contributed by atoms with Crippen LogP contribution in [0.5, 0.6) is 0 Å². The van der Waals surface area contributed by atoms with E-state index in [1.54, 1.807) is 0 Å². The zero-order valence-corrected chi connectivity index (χ0v) is 10.6. The molecule has 0 heterocycles. The van der Waals surface area contributed by atoms with Crippen molar-refractivity contribution in [3.63, 3.8) is 0 Å². The molecule has 1 aliphatic carbocycles. The van der Waals surface area contributed by atoms with Gasteiger partial charge in [-0.3, -0.25) is 14.9 Å². The molecule has 0 atom stereocenters. The van der Waals surface area contributed by atoms with Crippen molar-refractivity contribution in [1.82, 2.24) is 0 Å². The van der Waals surface area contributed by atoms with Crippen molar-refractivity contribution in [2.24, 2.45) is 5.41 Å². The molecule has 114 valence electrons. The van der Waals surface area contributed by atoms with Crippen LogP contribution in [0.4, 0.5) is 24.5 Å². The lowest BCUT2D eigenvalue weighted by Gasteiger charge is -2.13. The van der Waals surface area contributed by atoms with Crippen molar-refractivity contribution in [2.75, 3.05) is 11.9 Å². The molecule has 1 saturated carbocycles. The molecule has 0 saturated heterocycles. The fraction of sp³-hybridized carbons (Fsp3) is 0.417. The summed E-state index contributed by atoms with van der Waals surface area (Å²) in [5.74, 6) is -1.02. The fourth-order valence-corrected chi connectivity index (χ4v) is 1.89. The van der Waals surface area contributed by atoms with Gasteiger partial charge < -0.3 is 10.4 Å². The standard InChI is InChI=1S/C12H11F3N2O4/c13-12(14,15)7-1-2-8(9(5-7)17(20)21)16-6-11(3-4-11)10(18)19/h1-2,5,16H,3-4,6H2,(H,18,19). The molecule has 0 radical (unpaired) electrons. The Morgan fingerprint density at radius 3 is 2.48 bits per heavy atom. The summed E-state index contributed by atoms with van der Waals surface area (Å²) in [6, 6.07) is 2.09. The second kappa shape index (κ2) is 4.90. The number of carboxylic acid groups (broad SMARTS) is 1. The number of nitrogens with one attached hydrogen (secondary N) is 1. The molecule has 1 fully saturated rings. The van der Waals surface area contributed by atoms with Crippen LogP contribution in [0.1, 0.15) is 18.4 Å². The predicted molar refractivity (Wildman–Crippen MR) is 65.9 cm³/mol. The van der Waals surface area contributed by atoms with Gasteiger partial charge in [0.2, 0.25) is 0 Å². The number of nitro groups is 1. The highest BCUT2D eigenvalue weighted by atomic mass is 19.4. The average Bonchev–Trinajstić information content (AvgIpc) is 3.16. The van der Waals surface area contributed by atoms with Gasteiger partial charge >= 0.3 is 12.1 Å². The van der Waals surface area contributed by atoms with Gasteiger partial charge in [-0.05, 0) is 25.0 Å². The summed E-state index contributed by atoms with van der Waals surface area (Å²) < 4.78 is 37.6. The van der Waals surface area contributed by atoms with E-state index in [0.717, 1.165) is 12.1 Å². The van der Waals surface area contributed by atoms with E-state index in [0.29, 0.717) is 18.9 Å². The Morgan fingerprint density at radius 2 is 2.05 bits per heavy atom. The van der Waals surface area contributed by atoms with E-state index < -0.39 is 33.7 Å². The number of halogens is 3. The van der Waals surface area contributed by atoms with E-state index in [9.17, 15) is 28.1 Å². The molecule has 0 aliphatic heterocycles. The monoisotopic (exact) mass is 304 g/mol. The van der Waals surface area contributed by atoms with Gasteiger partial charge in [0, 0.05) is 12.6 Å². The number of nitrogens with zero attached hydrogens (tertiary/aromatic N) is 1. The molecule has 6 nitrogen and oxygen atoms in total. The van der Waals surface area contributed by atoms with Crippen LogP contribution in [0.25, 0.3) is 0 Å². The number of carbonyl (C=O) groups is 1. The maximum absolute atomic E-state index is 12.5. The largest absolute Gasteiger partial charge is 0.481 e. The van der Waals surface area contributed by atoms with Crippen LogP contribution in [0.2, 0.25) is 0 Å². The first-order valence-corrected chi connectivity index (χ1v) is 5.99. The van der Waals surface area contributed by atoms with Crippen LogP contribution in [0.3, 0.4) is 0 Å². The number of alkyl halides is 3. The van der Waals surface area contributed by atoms with Crippen molar-refractivity contribution >= 4 is 17.3 Å². The van der Waals surface area contributed by atoms with E-state index in [-0.39, 0.29) is 12.2 Å². The molecule has 0 unspecified atom stereocenters. The lowest BCUT2D eigenvalue weighted by molar-refractivity contribution is -0.384. The number of benzene rings is 1. The van der Waals surface area contributed by atoms with E-state index in [1.165, 1.54) is 0 Å². The minimum absolute atomic E-state index is 0.0610. The number of anilines is 1. The summed E-state index contributed by atoms with van der Waals surface area (Å²) in [6.45, 7) is -0.0610. The third kappa shape index (κ3) is 3.06. The second-order valence-electron chi connectivity index (χ2n) is 4.93. The third-order valence-electron chi connectivity index (χ3n) is 3.45. The number of nitro benzene ring substituents is 1. The average molecular weight is 304 g/mol. The summed E-state index contributed by atoms with van der Waals surface area (Å²) in [5, 5.41) is 22.4. The van der Waals surface area contributed by atoms with Crippen molar-refractivity contribution in [3.05, 3.63) is 33.9 Å². The lowest BCUT2D eigenvalue weighted by atomic mass is 10.1. The van der Waals surface area contributed by atoms with Gasteiger partial charge in [0.15, 0.2) is 0 Å². The summed E-state index contributed by atoms with van der Waals surface area (Å²) in [5.41, 5.74) is -2.96. The summed E-state index contributed by atoms with van der Waals surface area (Å²) in [6.07, 6.45) is -3.81. The molecule has 1 aliphatic rings. The van der Waals surface area contributed by atoms with Crippen LogP contribution < -0.4 is 5.32 Å². The molecule has 0 amide bonds. The molecular formula is C12H11F3N2O4. The number of rotatable bonds is 5. The van der Waals surface area contributed by atoms with Crippen LogP contribution >= 0.6 is 0 Å². The highest BCUT2D eigenvalue weighted by Gasteiger charge is 2.50. The van der Waals surface area contributed by atoms with Crippen molar-refractivity contribution in [3.8, 4) is 0 Å². The number of carboxylic acids is 1. The molecule has 0 spiro atoms. The first-order valence-electron chi connectivity index (χ1n) is 5.99. The second-order valence-corrected chi connectivity index (χ2v) is 4.93. The molecule has 21 heavy (non-hydrogen) atoms. The van der Waals surface area contributed by atoms with E-state index in [1.807, 2.05) is 0 Å². The van der Waals surface area contributed by atoms with Gasteiger partial charge in [0.25, 0.3) is 5.69 Å². The zero-order valence-electron chi connectivity index (χ0n) is 10.6. The van der Waals surface area contributed by atoms with Crippen LogP contribution in [0, 0.1) is 15.5 Å². The first kappa shape index (κ1) is 15.1. The van der Waals surface area contributed by atoms with Gasteiger partial charge in [-0.25, -0.2) is 0 Å². The molecule has 0 bridgehead atoms. The SMILES string of the molecule is O=C(O)C1(CNc2ccc(C(F)(F)F)cc2[N+](=O)[O-])CC1. The summed E-state index contributed by atoms with van der Waals surface area (Å²) >= 11 is 0. The van der Waals surface area contributed by atoms with E-state index in [4.69, 9.17) is 5.11 Å². The fourth-order valence-electron chi connectivity index (χ4n) is 1.89. The van der Waals surface area contributed by atoms with Crippen LogP contribution in [0.15, 0.2) is 18.2 Å². The molecule has 2 N–H and O–H groups in total. The van der Waals surface area contributed by atoms with Crippen molar-refractivity contribution in [2.45, 2.75) is 19.0 Å². The Morgan fingerprint density at radius 1 is 1.43 bits per heavy atom. The highest BCUT2D eigenvalue weighted by Crippen LogP contribution is 2.46. The molecule has 0 aromatic heterocycles. The molecule has 2 rings (SSSR count). The Kier molecular flexibility index (Phi) is 3.52. The van der Waals surface area contributed by atoms with Crippen molar-refractivity contribution in [1.29, 1.82) is 0 Å². The van der Waals surface area contributed by atoms with E-state index >= 15 is 0 Å². The minimum atomic E-state index is -4.68. The normalized spacial score (nSPS) is 16.3. The summed E-state index contributed by atoms with van der Waals surface area (Å²) in [7, 11) is 0. The molecule has 9 heteroatoms. The van der Waals surface area contributed by atoms with Gasteiger partial charge in [-0.1, -0.05) is 0 Å². The predicted octanol–water partition coefficient (Wildman–Crippen LogP) is 2.89. The van der Waals surface area contributed by atoms with Gasteiger partial charge in [-0.15, -0.1) is 0 Å². The maximum atomic E-state index is 12.5. The highest BCUT2D eigenvalue weighted by molar-refractivity contribution is 5.79. The number of hydrogen-bond donors (Lipinski definition) is 2. The maximum Gasteiger partial charge on any atom is 0.416 e. The Bertz CT molecular complexity index is 597. The summed E-state index contributed by atoms with van der Waals surface area (Å²) in [4.78, 5) is 20.9. The first-order chi connectivity index (χ1) is 9.66. The molecule has 1 aromatic rings. The number of aliphatic carboxylic acids is 1. The van der Waals surface area contributed by atoms with Gasteiger partial charge in [-0.2, -0.15) is 13.2 Å². The van der Waals surface area contributed by atoms with E-state index in [2.05, 4.69) is 5.32 Å². The zero-order chi connectivity index (χ0) is 15.8.